The van der Waals surface area contributed by atoms with Crippen LogP contribution in [0.15, 0.2) is 60.7 Å². The van der Waals surface area contributed by atoms with Crippen LogP contribution >= 0.6 is 0 Å². The van der Waals surface area contributed by atoms with E-state index in [-0.39, 0.29) is 5.69 Å². The van der Waals surface area contributed by atoms with Crippen LogP contribution in [0.5, 0.6) is 5.88 Å². The summed E-state index contributed by atoms with van der Waals surface area (Å²) in [6.07, 6.45) is 0. The van der Waals surface area contributed by atoms with Gasteiger partial charge in [-0.15, -0.1) is 0 Å². The number of aromatic nitrogens is 1. The van der Waals surface area contributed by atoms with E-state index in [0.717, 1.165) is 22.4 Å². The largest absolute Gasteiger partial charge is 0.473 e. The minimum Gasteiger partial charge on any atom is -0.473 e. The van der Waals surface area contributed by atoms with Gasteiger partial charge in [-0.25, -0.2) is 10.8 Å². The molecule has 0 bridgehead atoms. The number of benzene rings is 2. The number of rotatable bonds is 6. The lowest BCUT2D eigenvalue weighted by Crippen LogP contribution is -2.26. The van der Waals surface area contributed by atoms with Crippen LogP contribution in [0.1, 0.15) is 11.1 Å². The fourth-order valence-corrected chi connectivity index (χ4v) is 2.76. The van der Waals surface area contributed by atoms with Crippen molar-refractivity contribution in [2.45, 2.75) is 13.5 Å². The Hall–Kier alpha value is -3.45. The first kappa shape index (κ1) is 18.3. The highest BCUT2D eigenvalue weighted by atomic mass is 16.6. The molecule has 138 valence electrons. The van der Waals surface area contributed by atoms with Crippen molar-refractivity contribution in [3.63, 3.8) is 0 Å². The highest BCUT2D eigenvalue weighted by Gasteiger charge is 2.10. The molecule has 27 heavy (non-hydrogen) atoms. The smallest absolute Gasteiger partial charge is 0.269 e. The van der Waals surface area contributed by atoms with E-state index in [1.54, 1.807) is 30.3 Å². The lowest BCUT2D eigenvalue weighted by Gasteiger charge is -2.19. The molecule has 0 unspecified atom stereocenters. The number of nitro groups is 1. The number of nitrogens with zero attached hydrogens (tertiary/aromatic N) is 3. The Morgan fingerprint density at radius 3 is 2.48 bits per heavy atom. The Labute approximate surface area is 157 Å². The summed E-state index contributed by atoms with van der Waals surface area (Å²) in [6.45, 7) is 2.34. The molecule has 0 aliphatic rings. The number of ether oxygens (including phenoxy) is 1. The van der Waals surface area contributed by atoms with Gasteiger partial charge in [-0.1, -0.05) is 18.2 Å². The maximum Gasteiger partial charge on any atom is 0.269 e. The molecule has 0 saturated heterocycles. The molecule has 0 atom stereocenters. The third-order valence-electron chi connectivity index (χ3n) is 4.23. The zero-order chi connectivity index (χ0) is 19.4. The summed E-state index contributed by atoms with van der Waals surface area (Å²) in [6, 6.07) is 17.6. The molecule has 2 N–H and O–H groups in total. The molecule has 0 saturated carbocycles. The predicted octanol–water partition coefficient (Wildman–Crippen LogP) is 3.85. The van der Waals surface area contributed by atoms with Gasteiger partial charge in [0, 0.05) is 36.4 Å². The molecule has 2 aromatic carbocycles. The third-order valence-corrected chi connectivity index (χ3v) is 4.23. The first-order valence-corrected chi connectivity index (χ1v) is 8.37. The Morgan fingerprint density at radius 1 is 1.11 bits per heavy atom. The molecule has 0 spiro atoms. The summed E-state index contributed by atoms with van der Waals surface area (Å²) in [5.41, 5.74) is 4.47. The van der Waals surface area contributed by atoms with E-state index in [4.69, 9.17) is 10.6 Å². The van der Waals surface area contributed by atoms with Crippen molar-refractivity contribution in [1.82, 2.24) is 4.98 Å². The predicted molar refractivity (Wildman–Crippen MR) is 104 cm³/mol. The lowest BCUT2D eigenvalue weighted by molar-refractivity contribution is -0.384. The summed E-state index contributed by atoms with van der Waals surface area (Å²) in [4.78, 5) is 14.9. The van der Waals surface area contributed by atoms with E-state index in [2.05, 4.69) is 4.98 Å². The second-order valence-corrected chi connectivity index (χ2v) is 6.14. The minimum atomic E-state index is -0.426. The van der Waals surface area contributed by atoms with E-state index in [9.17, 15) is 10.1 Å². The summed E-state index contributed by atoms with van der Waals surface area (Å²) in [7, 11) is 1.78. The zero-order valence-electron chi connectivity index (χ0n) is 15.1. The molecule has 1 heterocycles. The van der Waals surface area contributed by atoms with Crippen LogP contribution < -0.4 is 15.6 Å². The van der Waals surface area contributed by atoms with E-state index < -0.39 is 4.92 Å². The summed E-state index contributed by atoms with van der Waals surface area (Å²) >= 11 is 0. The molecule has 0 fully saturated rings. The average Bonchev–Trinajstić information content (AvgIpc) is 2.67. The van der Waals surface area contributed by atoms with Gasteiger partial charge in [-0.2, -0.15) is 0 Å². The van der Waals surface area contributed by atoms with Crippen molar-refractivity contribution < 1.29 is 9.66 Å². The standard InChI is InChI=1S/C20H20N4O3/c1-14-5-3-7-19(23(2)21)17(14)13-27-20-8-4-6-18(22-20)15-9-11-16(12-10-15)24(25)26/h3-12H,13,21H2,1-2H3. The van der Waals surface area contributed by atoms with Crippen molar-refractivity contribution >= 4 is 11.4 Å². The van der Waals surface area contributed by atoms with E-state index in [0.29, 0.717) is 18.2 Å². The molecule has 3 rings (SSSR count). The van der Waals surface area contributed by atoms with Crippen LogP contribution in [-0.2, 0) is 6.61 Å². The number of hydrazine groups is 1. The van der Waals surface area contributed by atoms with E-state index in [1.165, 1.54) is 12.1 Å². The first-order chi connectivity index (χ1) is 13.0. The van der Waals surface area contributed by atoms with Gasteiger partial charge in [0.25, 0.3) is 5.69 Å². The van der Waals surface area contributed by atoms with Crippen molar-refractivity contribution in [2.75, 3.05) is 12.1 Å². The van der Waals surface area contributed by atoms with E-state index in [1.807, 2.05) is 37.3 Å². The molecule has 0 aliphatic carbocycles. The molecule has 0 amide bonds. The topological polar surface area (TPSA) is 94.5 Å². The number of nitro benzene ring substituents is 1. The van der Waals surface area contributed by atoms with E-state index >= 15 is 0 Å². The summed E-state index contributed by atoms with van der Waals surface area (Å²) in [5.74, 6) is 6.37. The van der Waals surface area contributed by atoms with Crippen molar-refractivity contribution in [3.8, 4) is 17.1 Å². The quantitative estimate of drug-likeness (QED) is 0.405. The van der Waals surface area contributed by atoms with Gasteiger partial charge in [-0.3, -0.25) is 10.1 Å². The molecule has 3 aromatic rings. The van der Waals surface area contributed by atoms with Crippen molar-refractivity contribution in [2.24, 2.45) is 5.84 Å². The van der Waals surface area contributed by atoms with Crippen LogP contribution in [0.2, 0.25) is 0 Å². The number of pyridine rings is 1. The lowest BCUT2D eigenvalue weighted by atomic mass is 10.1. The van der Waals surface area contributed by atoms with Gasteiger partial charge in [0.05, 0.1) is 16.3 Å². The Kier molecular flexibility index (Phi) is 5.33. The molecule has 7 heteroatoms. The van der Waals surface area contributed by atoms with Gasteiger partial charge < -0.3 is 9.75 Å². The summed E-state index contributed by atoms with van der Waals surface area (Å²) in [5, 5.41) is 12.3. The second-order valence-electron chi connectivity index (χ2n) is 6.14. The van der Waals surface area contributed by atoms with Gasteiger partial charge in [-0.05, 0) is 36.8 Å². The van der Waals surface area contributed by atoms with Crippen LogP contribution in [0.3, 0.4) is 0 Å². The highest BCUT2D eigenvalue weighted by Crippen LogP contribution is 2.25. The zero-order valence-corrected chi connectivity index (χ0v) is 15.1. The Bertz CT molecular complexity index is 956. The third kappa shape index (κ3) is 4.21. The number of non-ortho nitro benzene ring substituents is 1. The molecule has 0 radical (unpaired) electrons. The minimum absolute atomic E-state index is 0.0455. The van der Waals surface area contributed by atoms with Gasteiger partial charge in [0.2, 0.25) is 5.88 Å². The molecule has 0 aliphatic heterocycles. The number of aryl methyl sites for hydroxylation is 1. The number of nitrogens with two attached hydrogens (primary N) is 1. The summed E-state index contributed by atoms with van der Waals surface area (Å²) < 4.78 is 5.89. The maximum atomic E-state index is 10.8. The number of anilines is 1. The Balaban J connectivity index is 1.80. The molecule has 7 nitrogen and oxygen atoms in total. The maximum absolute atomic E-state index is 10.8. The monoisotopic (exact) mass is 364 g/mol. The number of hydrogen-bond acceptors (Lipinski definition) is 6. The average molecular weight is 364 g/mol. The van der Waals surface area contributed by atoms with Crippen molar-refractivity contribution in [1.29, 1.82) is 0 Å². The fraction of sp³-hybridized carbons (Fsp3) is 0.150. The second kappa shape index (κ2) is 7.84. The first-order valence-electron chi connectivity index (χ1n) is 8.37. The molecular formula is C20H20N4O3. The van der Waals surface area contributed by atoms with Gasteiger partial charge in [0.1, 0.15) is 6.61 Å². The molecule has 1 aromatic heterocycles. The fourth-order valence-electron chi connectivity index (χ4n) is 2.76. The normalized spacial score (nSPS) is 10.5. The van der Waals surface area contributed by atoms with Crippen molar-refractivity contribution in [3.05, 3.63) is 81.9 Å². The van der Waals surface area contributed by atoms with Crippen LogP contribution in [0, 0.1) is 17.0 Å². The number of hydrogen-bond donors (Lipinski definition) is 1. The van der Waals surface area contributed by atoms with Crippen LogP contribution in [-0.4, -0.2) is 17.0 Å². The molecular weight excluding hydrogens is 344 g/mol. The SMILES string of the molecule is Cc1cccc(N(C)N)c1COc1cccc(-c2ccc([N+](=O)[O-])cc2)n1. The van der Waals surface area contributed by atoms with Gasteiger partial charge in [0.15, 0.2) is 0 Å². The Morgan fingerprint density at radius 2 is 1.81 bits per heavy atom. The highest BCUT2D eigenvalue weighted by molar-refractivity contribution is 5.61. The van der Waals surface area contributed by atoms with Crippen LogP contribution in [0.4, 0.5) is 11.4 Å². The van der Waals surface area contributed by atoms with Gasteiger partial charge >= 0.3 is 0 Å². The van der Waals surface area contributed by atoms with Crippen LogP contribution in [0.25, 0.3) is 11.3 Å².